The molecule has 14 heavy (non-hydrogen) atoms. The van der Waals surface area contributed by atoms with Crippen LogP contribution in [0.5, 0.6) is 0 Å². The number of hydrogen-bond acceptors (Lipinski definition) is 3. The zero-order valence-corrected chi connectivity index (χ0v) is 7.67. The van der Waals surface area contributed by atoms with E-state index in [2.05, 4.69) is 4.98 Å². The molecule has 2 rings (SSSR count). The second kappa shape index (κ2) is 3.02. The van der Waals surface area contributed by atoms with Crippen molar-refractivity contribution in [2.24, 2.45) is 5.73 Å². The van der Waals surface area contributed by atoms with E-state index < -0.39 is 11.5 Å². The van der Waals surface area contributed by atoms with Gasteiger partial charge in [-0.3, -0.25) is 0 Å². The molecule has 5 heteroatoms. The molecule has 0 atom stereocenters. The molecule has 1 saturated carbocycles. The van der Waals surface area contributed by atoms with Crippen molar-refractivity contribution in [1.29, 1.82) is 0 Å². The highest BCUT2D eigenvalue weighted by Crippen LogP contribution is 2.41. The van der Waals surface area contributed by atoms with Crippen LogP contribution in [0.1, 0.15) is 31.4 Å². The molecule has 0 spiro atoms. The van der Waals surface area contributed by atoms with Gasteiger partial charge in [0.2, 0.25) is 5.92 Å². The van der Waals surface area contributed by atoms with Crippen LogP contribution in [0.25, 0.3) is 0 Å². The maximum Gasteiger partial charge on any atom is 0.248 e. The standard InChI is InChI=1S/C9H12F2N2O/c10-9(11)3-1-8(12,2-4-9)7-5-13-6-14-7/h5-6H,1-4,12H2. The summed E-state index contributed by atoms with van der Waals surface area (Å²) < 4.78 is 30.8. The normalized spacial score (nSPS) is 24.8. The SMILES string of the molecule is NC1(c2cnco2)CCC(F)(F)CC1. The summed E-state index contributed by atoms with van der Waals surface area (Å²) in [6.45, 7) is 0. The summed E-state index contributed by atoms with van der Waals surface area (Å²) >= 11 is 0. The Morgan fingerprint density at radius 1 is 1.29 bits per heavy atom. The van der Waals surface area contributed by atoms with Gasteiger partial charge in [0.15, 0.2) is 6.39 Å². The minimum absolute atomic E-state index is 0.176. The van der Waals surface area contributed by atoms with Crippen molar-refractivity contribution >= 4 is 0 Å². The molecular formula is C9H12F2N2O. The first-order valence-electron chi connectivity index (χ1n) is 4.58. The average molecular weight is 202 g/mol. The first-order chi connectivity index (χ1) is 6.52. The van der Waals surface area contributed by atoms with Crippen LogP contribution in [0.2, 0.25) is 0 Å². The van der Waals surface area contributed by atoms with Gasteiger partial charge in [0.1, 0.15) is 5.76 Å². The summed E-state index contributed by atoms with van der Waals surface area (Å²) in [6, 6.07) is 0. The van der Waals surface area contributed by atoms with Crippen LogP contribution in [0, 0.1) is 0 Å². The van der Waals surface area contributed by atoms with Crippen LogP contribution >= 0.6 is 0 Å². The molecule has 78 valence electrons. The van der Waals surface area contributed by atoms with E-state index in [0.29, 0.717) is 5.76 Å². The molecule has 0 amide bonds. The van der Waals surface area contributed by atoms with Crippen LogP contribution in [-0.2, 0) is 5.54 Å². The first kappa shape index (κ1) is 9.58. The number of nitrogens with zero attached hydrogens (tertiary/aromatic N) is 1. The predicted molar refractivity (Wildman–Crippen MR) is 45.8 cm³/mol. The Labute approximate surface area is 80.3 Å². The Kier molecular flexibility index (Phi) is 2.06. The van der Waals surface area contributed by atoms with E-state index in [1.54, 1.807) is 0 Å². The lowest BCUT2D eigenvalue weighted by molar-refractivity contribution is -0.0538. The highest BCUT2D eigenvalue weighted by Gasteiger charge is 2.43. The molecule has 0 unspecified atom stereocenters. The summed E-state index contributed by atoms with van der Waals surface area (Å²) in [5.74, 6) is -2.06. The molecule has 1 fully saturated rings. The average Bonchev–Trinajstić information content (AvgIpc) is 2.64. The van der Waals surface area contributed by atoms with Gasteiger partial charge >= 0.3 is 0 Å². The van der Waals surface area contributed by atoms with Crippen molar-refractivity contribution in [3.05, 3.63) is 18.4 Å². The summed E-state index contributed by atoms with van der Waals surface area (Å²) in [5, 5.41) is 0. The number of oxazole rings is 1. The highest BCUT2D eigenvalue weighted by atomic mass is 19.3. The van der Waals surface area contributed by atoms with Crippen LogP contribution in [0.4, 0.5) is 8.78 Å². The highest BCUT2D eigenvalue weighted by molar-refractivity contribution is 5.09. The third-order valence-corrected chi connectivity index (χ3v) is 2.80. The molecule has 1 aliphatic carbocycles. The second-order valence-corrected chi connectivity index (χ2v) is 3.88. The smallest absolute Gasteiger partial charge is 0.248 e. The summed E-state index contributed by atoms with van der Waals surface area (Å²) in [7, 11) is 0. The van der Waals surface area contributed by atoms with Crippen molar-refractivity contribution in [1.82, 2.24) is 4.98 Å². The molecule has 0 radical (unpaired) electrons. The summed E-state index contributed by atoms with van der Waals surface area (Å²) in [6.07, 6.45) is 2.92. The number of alkyl halides is 2. The fourth-order valence-corrected chi connectivity index (χ4v) is 1.77. The Morgan fingerprint density at radius 3 is 2.43 bits per heavy atom. The van der Waals surface area contributed by atoms with Gasteiger partial charge < -0.3 is 10.2 Å². The lowest BCUT2D eigenvalue weighted by Crippen LogP contribution is -2.43. The van der Waals surface area contributed by atoms with E-state index in [0.717, 1.165) is 0 Å². The third-order valence-electron chi connectivity index (χ3n) is 2.80. The van der Waals surface area contributed by atoms with Gasteiger partial charge in [-0.2, -0.15) is 0 Å². The molecule has 0 aromatic carbocycles. The van der Waals surface area contributed by atoms with Crippen molar-refractivity contribution < 1.29 is 13.2 Å². The van der Waals surface area contributed by atoms with E-state index in [4.69, 9.17) is 10.2 Å². The minimum atomic E-state index is -2.57. The van der Waals surface area contributed by atoms with E-state index in [1.807, 2.05) is 0 Å². The molecule has 0 bridgehead atoms. The molecule has 1 heterocycles. The largest absolute Gasteiger partial charge is 0.447 e. The van der Waals surface area contributed by atoms with Gasteiger partial charge in [-0.15, -0.1) is 0 Å². The lowest BCUT2D eigenvalue weighted by atomic mass is 9.79. The van der Waals surface area contributed by atoms with Crippen LogP contribution < -0.4 is 5.73 Å². The molecule has 3 nitrogen and oxygen atoms in total. The van der Waals surface area contributed by atoms with Gasteiger partial charge in [-0.1, -0.05) is 0 Å². The minimum Gasteiger partial charge on any atom is -0.447 e. The van der Waals surface area contributed by atoms with Crippen molar-refractivity contribution in [3.63, 3.8) is 0 Å². The number of hydrogen-bond donors (Lipinski definition) is 1. The van der Waals surface area contributed by atoms with Crippen molar-refractivity contribution in [3.8, 4) is 0 Å². The van der Waals surface area contributed by atoms with Gasteiger partial charge in [-0.05, 0) is 12.8 Å². The lowest BCUT2D eigenvalue weighted by Gasteiger charge is -2.34. The second-order valence-electron chi connectivity index (χ2n) is 3.88. The van der Waals surface area contributed by atoms with Crippen molar-refractivity contribution in [2.45, 2.75) is 37.1 Å². The quantitative estimate of drug-likeness (QED) is 0.758. The summed E-state index contributed by atoms with van der Waals surface area (Å²) in [4.78, 5) is 3.74. The molecule has 1 aliphatic rings. The van der Waals surface area contributed by atoms with Crippen LogP contribution in [0.3, 0.4) is 0 Å². The summed E-state index contributed by atoms with van der Waals surface area (Å²) in [5.41, 5.74) is 5.23. The third kappa shape index (κ3) is 1.64. The zero-order valence-electron chi connectivity index (χ0n) is 7.67. The topological polar surface area (TPSA) is 52.0 Å². The molecule has 2 N–H and O–H groups in total. The maximum atomic E-state index is 12.9. The van der Waals surface area contributed by atoms with Crippen LogP contribution in [0.15, 0.2) is 17.0 Å². The fourth-order valence-electron chi connectivity index (χ4n) is 1.77. The molecule has 1 aromatic rings. The number of halogens is 2. The Hall–Kier alpha value is -0.970. The van der Waals surface area contributed by atoms with Gasteiger partial charge in [0.05, 0.1) is 11.7 Å². The monoisotopic (exact) mass is 202 g/mol. The van der Waals surface area contributed by atoms with E-state index >= 15 is 0 Å². The van der Waals surface area contributed by atoms with E-state index in [1.165, 1.54) is 12.6 Å². The maximum absolute atomic E-state index is 12.9. The zero-order chi connectivity index (χ0) is 10.2. The Morgan fingerprint density at radius 2 is 1.93 bits per heavy atom. The number of nitrogens with two attached hydrogens (primary N) is 1. The van der Waals surface area contributed by atoms with E-state index in [9.17, 15) is 8.78 Å². The van der Waals surface area contributed by atoms with E-state index in [-0.39, 0.29) is 25.7 Å². The van der Waals surface area contributed by atoms with Crippen LogP contribution in [-0.4, -0.2) is 10.9 Å². The Bertz CT molecular complexity index is 301. The molecule has 0 saturated heterocycles. The number of rotatable bonds is 1. The first-order valence-corrected chi connectivity index (χ1v) is 4.58. The number of aromatic nitrogens is 1. The van der Waals surface area contributed by atoms with Gasteiger partial charge in [-0.25, -0.2) is 13.8 Å². The molecular weight excluding hydrogens is 190 g/mol. The fraction of sp³-hybridized carbons (Fsp3) is 0.667. The molecule has 0 aliphatic heterocycles. The van der Waals surface area contributed by atoms with Gasteiger partial charge in [0, 0.05) is 12.8 Å². The molecule has 1 aromatic heterocycles. The Balaban J connectivity index is 2.13. The van der Waals surface area contributed by atoms with Gasteiger partial charge in [0.25, 0.3) is 0 Å². The van der Waals surface area contributed by atoms with Crippen molar-refractivity contribution in [2.75, 3.05) is 0 Å². The predicted octanol–water partition coefficient (Wildman–Crippen LogP) is 2.04.